The second-order valence-electron chi connectivity index (χ2n) is 8.34. The van der Waals surface area contributed by atoms with Gasteiger partial charge in [-0.25, -0.2) is 17.8 Å². The van der Waals surface area contributed by atoms with Crippen LogP contribution in [0.4, 0.5) is 4.39 Å². The summed E-state index contributed by atoms with van der Waals surface area (Å²) < 4.78 is 38.4. The van der Waals surface area contributed by atoms with Gasteiger partial charge in [-0.1, -0.05) is 36.4 Å². The van der Waals surface area contributed by atoms with E-state index in [0.717, 1.165) is 6.26 Å². The predicted octanol–water partition coefficient (Wildman–Crippen LogP) is 3.08. The quantitative estimate of drug-likeness (QED) is 0.805. The molecule has 0 aromatic heterocycles. The van der Waals surface area contributed by atoms with Crippen molar-refractivity contribution in [2.75, 3.05) is 13.3 Å². The molecule has 1 aliphatic heterocycles. The van der Waals surface area contributed by atoms with Crippen molar-refractivity contribution in [2.45, 2.75) is 42.8 Å². The highest BCUT2D eigenvalue weighted by atomic mass is 32.2. The molecule has 1 heterocycles. The van der Waals surface area contributed by atoms with E-state index in [0.29, 0.717) is 16.7 Å². The summed E-state index contributed by atoms with van der Waals surface area (Å²) in [5.41, 5.74) is 5.05. The van der Waals surface area contributed by atoms with Crippen molar-refractivity contribution in [3.63, 3.8) is 0 Å². The number of halogens is 1. The van der Waals surface area contributed by atoms with Crippen molar-refractivity contribution in [2.24, 2.45) is 10.7 Å². The van der Waals surface area contributed by atoms with Gasteiger partial charge in [-0.2, -0.15) is 0 Å². The Kier molecular flexibility index (Phi) is 5.27. The number of nitrogens with two attached hydrogens (primary N) is 1. The van der Waals surface area contributed by atoms with E-state index in [2.05, 4.69) is 4.99 Å². The molecule has 0 fully saturated rings. The fraction of sp³-hybridized carbons (Fsp3) is 0.364. The maximum Gasteiger partial charge on any atom is 0.239 e. The number of benzene rings is 2. The summed E-state index contributed by atoms with van der Waals surface area (Å²) in [6.45, 7) is 4.69. The third-order valence-electron chi connectivity index (χ3n) is 5.61. The standard InChI is InChI=1S/C22H26FN3O3S/c1-21(2,23)15-11-9-14(10-12-15)18-19(27)26(4)20(24)25-22(18,3)16-7-6-8-17(13-16)30(5,28)29/h6-13,18H,1-5H3,(H2,24,25)/t18-,22+/m0/s1. The van der Waals surface area contributed by atoms with E-state index < -0.39 is 27.0 Å². The number of guanidine groups is 1. The van der Waals surface area contributed by atoms with E-state index in [9.17, 15) is 17.6 Å². The number of carbonyl (C=O) groups excluding carboxylic acids is 1. The van der Waals surface area contributed by atoms with E-state index in [-0.39, 0.29) is 16.8 Å². The van der Waals surface area contributed by atoms with Crippen molar-refractivity contribution in [3.05, 3.63) is 65.2 Å². The van der Waals surface area contributed by atoms with E-state index in [1.165, 1.54) is 30.9 Å². The molecule has 0 saturated carbocycles. The molecule has 160 valence electrons. The smallest absolute Gasteiger partial charge is 0.239 e. The lowest BCUT2D eigenvalue weighted by Crippen LogP contribution is -2.52. The summed E-state index contributed by atoms with van der Waals surface area (Å²) in [6, 6.07) is 13.1. The normalized spacial score (nSPS) is 22.7. The van der Waals surface area contributed by atoms with Gasteiger partial charge >= 0.3 is 0 Å². The highest BCUT2D eigenvalue weighted by Gasteiger charge is 2.47. The molecule has 30 heavy (non-hydrogen) atoms. The van der Waals surface area contributed by atoms with Crippen molar-refractivity contribution < 1.29 is 17.6 Å². The highest BCUT2D eigenvalue weighted by Crippen LogP contribution is 2.44. The zero-order valence-corrected chi connectivity index (χ0v) is 18.5. The van der Waals surface area contributed by atoms with Gasteiger partial charge in [0.05, 0.1) is 10.8 Å². The number of carbonyl (C=O) groups is 1. The van der Waals surface area contributed by atoms with E-state index in [1.54, 1.807) is 50.4 Å². The average molecular weight is 432 g/mol. The SMILES string of the molecule is CN1C(=O)[C@H](c2ccc(C(C)(C)F)cc2)[C@@](C)(c2cccc(S(C)(=O)=O)c2)N=C1N. The third kappa shape index (κ3) is 3.84. The van der Waals surface area contributed by atoms with Crippen LogP contribution < -0.4 is 5.73 Å². The molecule has 1 aliphatic rings. The molecular weight excluding hydrogens is 405 g/mol. The molecule has 3 rings (SSSR count). The van der Waals surface area contributed by atoms with Crippen LogP contribution >= 0.6 is 0 Å². The first-order chi connectivity index (χ1) is 13.7. The molecule has 2 N–H and O–H groups in total. The van der Waals surface area contributed by atoms with Crippen molar-refractivity contribution in [1.82, 2.24) is 4.90 Å². The van der Waals surface area contributed by atoms with Crippen LogP contribution in [0, 0.1) is 0 Å². The van der Waals surface area contributed by atoms with E-state index in [4.69, 9.17) is 5.73 Å². The topological polar surface area (TPSA) is 92.8 Å². The summed E-state index contributed by atoms with van der Waals surface area (Å²) >= 11 is 0. The van der Waals surface area contributed by atoms with Gasteiger partial charge in [0.2, 0.25) is 5.91 Å². The number of hydrogen-bond acceptors (Lipinski definition) is 5. The number of alkyl halides is 1. The van der Waals surface area contributed by atoms with Crippen LogP contribution in [-0.4, -0.2) is 38.5 Å². The number of likely N-dealkylation sites (N-methyl/N-ethyl adjacent to an activating group) is 1. The Morgan fingerprint density at radius 2 is 1.77 bits per heavy atom. The first-order valence-corrected chi connectivity index (χ1v) is 11.4. The number of sulfone groups is 1. The largest absolute Gasteiger partial charge is 0.369 e. The van der Waals surface area contributed by atoms with Crippen molar-refractivity contribution in [3.8, 4) is 0 Å². The molecule has 0 radical (unpaired) electrons. The van der Waals surface area contributed by atoms with Crippen LogP contribution in [0.2, 0.25) is 0 Å². The summed E-state index contributed by atoms with van der Waals surface area (Å²) in [4.78, 5) is 19.3. The predicted molar refractivity (Wildman–Crippen MR) is 115 cm³/mol. The third-order valence-corrected chi connectivity index (χ3v) is 6.72. The molecule has 0 unspecified atom stereocenters. The van der Waals surface area contributed by atoms with Gasteiger partial charge in [-0.3, -0.25) is 9.69 Å². The molecule has 2 atom stereocenters. The highest BCUT2D eigenvalue weighted by molar-refractivity contribution is 7.90. The van der Waals surface area contributed by atoms with Crippen LogP contribution in [0.25, 0.3) is 0 Å². The first kappa shape index (κ1) is 22.0. The number of amides is 1. The zero-order valence-electron chi connectivity index (χ0n) is 17.7. The number of rotatable bonds is 4. The minimum absolute atomic E-state index is 0.0463. The lowest BCUT2D eigenvalue weighted by molar-refractivity contribution is -0.130. The van der Waals surface area contributed by atoms with Gasteiger partial charge in [0.25, 0.3) is 0 Å². The number of hydrogen-bond donors (Lipinski definition) is 1. The van der Waals surface area contributed by atoms with E-state index >= 15 is 0 Å². The monoisotopic (exact) mass is 431 g/mol. The van der Waals surface area contributed by atoms with E-state index in [1.807, 2.05) is 0 Å². The number of nitrogens with zero attached hydrogens (tertiary/aromatic N) is 2. The molecule has 0 bridgehead atoms. The maximum atomic E-state index is 14.3. The van der Waals surface area contributed by atoms with Crippen LogP contribution in [0.3, 0.4) is 0 Å². The van der Waals surface area contributed by atoms with Crippen molar-refractivity contribution in [1.29, 1.82) is 0 Å². The Bertz CT molecular complexity index is 1120. The van der Waals surface area contributed by atoms with Crippen molar-refractivity contribution >= 4 is 21.7 Å². The molecular formula is C22H26FN3O3S. The van der Waals surface area contributed by atoms with Gasteiger partial charge in [-0.15, -0.1) is 0 Å². The second-order valence-corrected chi connectivity index (χ2v) is 10.4. The summed E-state index contributed by atoms with van der Waals surface area (Å²) in [7, 11) is -1.91. The molecule has 0 saturated heterocycles. The van der Waals surface area contributed by atoms with Crippen LogP contribution in [-0.2, 0) is 25.8 Å². The lowest BCUT2D eigenvalue weighted by Gasteiger charge is -2.41. The maximum absolute atomic E-state index is 14.3. The van der Waals surface area contributed by atoms with Crippen LogP contribution in [0.15, 0.2) is 58.4 Å². The minimum Gasteiger partial charge on any atom is -0.369 e. The molecule has 0 spiro atoms. The van der Waals surface area contributed by atoms with Gasteiger partial charge in [-0.05, 0) is 49.6 Å². The summed E-state index contributed by atoms with van der Waals surface area (Å²) in [5.74, 6) is -0.992. The Labute approximate surface area is 176 Å². The molecule has 8 heteroatoms. The van der Waals surface area contributed by atoms with Gasteiger partial charge < -0.3 is 5.73 Å². The zero-order chi connectivity index (χ0) is 22.5. The number of aliphatic imine (C=N–C) groups is 1. The van der Waals surface area contributed by atoms with Crippen LogP contribution in [0.5, 0.6) is 0 Å². The minimum atomic E-state index is -3.45. The Hall–Kier alpha value is -2.74. The fourth-order valence-corrected chi connectivity index (χ4v) is 4.40. The first-order valence-electron chi connectivity index (χ1n) is 9.48. The lowest BCUT2D eigenvalue weighted by atomic mass is 9.74. The molecule has 2 aromatic carbocycles. The molecule has 1 amide bonds. The Balaban J connectivity index is 2.20. The summed E-state index contributed by atoms with van der Waals surface area (Å²) in [6.07, 6.45) is 1.13. The Morgan fingerprint density at radius 1 is 1.17 bits per heavy atom. The average Bonchev–Trinajstić information content (AvgIpc) is 2.65. The molecule has 2 aromatic rings. The Morgan fingerprint density at radius 3 is 2.30 bits per heavy atom. The van der Waals surface area contributed by atoms with Gasteiger partial charge in [0, 0.05) is 13.3 Å². The molecule has 0 aliphatic carbocycles. The second kappa shape index (κ2) is 7.19. The van der Waals surface area contributed by atoms with Gasteiger partial charge in [0.15, 0.2) is 15.8 Å². The summed E-state index contributed by atoms with van der Waals surface area (Å²) in [5, 5.41) is 0. The van der Waals surface area contributed by atoms with Gasteiger partial charge in [0.1, 0.15) is 11.2 Å². The van der Waals surface area contributed by atoms with Crippen LogP contribution in [0.1, 0.15) is 43.4 Å². The molecule has 6 nitrogen and oxygen atoms in total. The fourth-order valence-electron chi connectivity index (χ4n) is 3.74.